The average molecular weight is 411 g/mol. The summed E-state index contributed by atoms with van der Waals surface area (Å²) in [6.07, 6.45) is 1.38. The van der Waals surface area contributed by atoms with Crippen LogP contribution in [0, 0.1) is 5.82 Å². The van der Waals surface area contributed by atoms with Gasteiger partial charge in [0.1, 0.15) is 11.5 Å². The van der Waals surface area contributed by atoms with Crippen LogP contribution in [0.15, 0.2) is 30.3 Å². The number of hydrogen-bond donors (Lipinski definition) is 1. The second-order valence-corrected chi connectivity index (χ2v) is 8.06. The van der Waals surface area contributed by atoms with Crippen LogP contribution in [0.25, 0.3) is 0 Å². The summed E-state index contributed by atoms with van der Waals surface area (Å²) in [6, 6.07) is 8.29. The highest BCUT2D eigenvalue weighted by molar-refractivity contribution is 6.40. The molecule has 3 nitrogen and oxygen atoms in total. The smallest absolute Gasteiger partial charge is 0.227 e. The molecule has 0 atom stereocenters. The van der Waals surface area contributed by atoms with Crippen molar-refractivity contribution in [1.82, 2.24) is 0 Å². The molecule has 4 rings (SSSR count). The summed E-state index contributed by atoms with van der Waals surface area (Å²) >= 11 is 12.7. The normalized spacial score (nSPS) is 17.4. The molecule has 1 saturated carbocycles. The van der Waals surface area contributed by atoms with Crippen molar-refractivity contribution in [3.63, 3.8) is 0 Å². The molecule has 0 aromatic heterocycles. The topological polar surface area (TPSA) is 32.3 Å². The lowest BCUT2D eigenvalue weighted by Crippen LogP contribution is -2.30. The lowest BCUT2D eigenvalue weighted by atomic mass is 9.99. The summed E-state index contributed by atoms with van der Waals surface area (Å²) in [5, 5.41) is 3.23. The van der Waals surface area contributed by atoms with Crippen LogP contribution in [-0.2, 0) is 17.8 Å². The first-order valence-electron chi connectivity index (χ1n) is 8.83. The zero-order valence-electron chi connectivity index (χ0n) is 14.5. The Morgan fingerprint density at radius 2 is 1.85 bits per heavy atom. The van der Waals surface area contributed by atoms with Gasteiger partial charge in [0.05, 0.1) is 22.2 Å². The molecule has 142 valence electrons. The van der Waals surface area contributed by atoms with Gasteiger partial charge >= 0.3 is 0 Å². The van der Waals surface area contributed by atoms with Crippen LogP contribution in [0.3, 0.4) is 0 Å². The van der Waals surface area contributed by atoms with Gasteiger partial charge in [-0.3, -0.25) is 4.79 Å². The van der Waals surface area contributed by atoms with Gasteiger partial charge in [0.2, 0.25) is 5.91 Å². The van der Waals surface area contributed by atoms with E-state index in [4.69, 9.17) is 23.2 Å². The fourth-order valence-corrected chi connectivity index (χ4v) is 3.96. The number of nitrogens with zero attached hydrogens (tertiary/aromatic N) is 1. The van der Waals surface area contributed by atoms with Crippen molar-refractivity contribution in [1.29, 1.82) is 0 Å². The minimum absolute atomic E-state index is 0.180. The Balaban J connectivity index is 1.51. The Morgan fingerprint density at radius 1 is 1.15 bits per heavy atom. The molecule has 0 unspecified atom stereocenters. The number of anilines is 2. The molecule has 1 heterocycles. The van der Waals surface area contributed by atoms with Gasteiger partial charge in [-0.25, -0.2) is 8.78 Å². The second kappa shape index (κ2) is 6.95. The average Bonchev–Trinajstić information content (AvgIpc) is 3.34. The Morgan fingerprint density at radius 3 is 2.52 bits per heavy atom. The van der Waals surface area contributed by atoms with Crippen LogP contribution < -0.4 is 10.2 Å². The van der Waals surface area contributed by atoms with Crippen molar-refractivity contribution >= 4 is 40.5 Å². The van der Waals surface area contributed by atoms with Crippen molar-refractivity contribution in [3.05, 3.63) is 57.3 Å². The van der Waals surface area contributed by atoms with Gasteiger partial charge in [0, 0.05) is 18.8 Å². The van der Waals surface area contributed by atoms with Crippen molar-refractivity contribution in [2.75, 3.05) is 16.8 Å². The number of carbonyl (C=O) groups is 1. The lowest BCUT2D eigenvalue weighted by Gasteiger charge is -2.31. The Labute approximate surface area is 166 Å². The van der Waals surface area contributed by atoms with E-state index in [1.807, 2.05) is 0 Å². The molecule has 0 saturated heterocycles. The van der Waals surface area contributed by atoms with Crippen molar-refractivity contribution in [2.24, 2.45) is 0 Å². The number of fused-ring (bicyclic) bond motifs is 1. The highest BCUT2D eigenvalue weighted by Gasteiger charge is 2.45. The fourth-order valence-electron chi connectivity index (χ4n) is 3.39. The van der Waals surface area contributed by atoms with Gasteiger partial charge < -0.3 is 10.2 Å². The lowest BCUT2D eigenvalue weighted by molar-refractivity contribution is -0.117. The van der Waals surface area contributed by atoms with E-state index in [0.29, 0.717) is 41.7 Å². The molecule has 1 amide bonds. The predicted molar refractivity (Wildman–Crippen MR) is 104 cm³/mol. The minimum atomic E-state index is -1.37. The molecule has 1 N–H and O–H groups in total. The third-order valence-electron chi connectivity index (χ3n) is 5.11. The summed E-state index contributed by atoms with van der Waals surface area (Å²) in [5.41, 5.74) is 1.82. The van der Waals surface area contributed by atoms with Crippen LogP contribution in [-0.4, -0.2) is 18.1 Å². The first-order chi connectivity index (χ1) is 12.8. The van der Waals surface area contributed by atoms with E-state index in [1.165, 1.54) is 6.07 Å². The molecule has 2 aromatic rings. The van der Waals surface area contributed by atoms with Crippen LogP contribution >= 0.6 is 23.2 Å². The van der Waals surface area contributed by atoms with Gasteiger partial charge in [0.15, 0.2) is 0 Å². The molecule has 0 bridgehead atoms. The van der Waals surface area contributed by atoms with E-state index in [-0.39, 0.29) is 12.2 Å². The van der Waals surface area contributed by atoms with E-state index in [2.05, 4.69) is 10.2 Å². The molecule has 2 aliphatic rings. The standard InChI is InChI=1S/C20H18Cl2F2N2O/c21-16-8-15(26-6-3-12-7-14(23)2-1-13(12)11-26)9-17(22)19(16)25-18(27)10-20(24)4-5-20/h1-2,7-9H,3-6,10-11H2,(H,25,27). The quantitative estimate of drug-likeness (QED) is 0.718. The van der Waals surface area contributed by atoms with E-state index in [1.54, 1.807) is 24.3 Å². The summed E-state index contributed by atoms with van der Waals surface area (Å²) in [5.74, 6) is -0.657. The Hall–Kier alpha value is -1.85. The molecule has 27 heavy (non-hydrogen) atoms. The van der Waals surface area contributed by atoms with Crippen molar-refractivity contribution in [3.8, 4) is 0 Å². The number of hydrogen-bond acceptors (Lipinski definition) is 2. The number of carbonyl (C=O) groups excluding carboxylic acids is 1. The zero-order chi connectivity index (χ0) is 19.2. The highest BCUT2D eigenvalue weighted by Crippen LogP contribution is 2.43. The molecular formula is C20H18Cl2F2N2O. The maximum Gasteiger partial charge on any atom is 0.227 e. The minimum Gasteiger partial charge on any atom is -0.367 e. The molecule has 1 fully saturated rings. The van der Waals surface area contributed by atoms with E-state index >= 15 is 0 Å². The highest BCUT2D eigenvalue weighted by atomic mass is 35.5. The van der Waals surface area contributed by atoms with Gasteiger partial charge in [-0.1, -0.05) is 29.3 Å². The summed E-state index contributed by atoms with van der Waals surface area (Å²) in [6.45, 7) is 1.33. The molecular weight excluding hydrogens is 393 g/mol. The first-order valence-corrected chi connectivity index (χ1v) is 9.59. The Bertz CT molecular complexity index is 892. The van der Waals surface area contributed by atoms with Gasteiger partial charge in [-0.15, -0.1) is 0 Å². The van der Waals surface area contributed by atoms with Crippen molar-refractivity contribution < 1.29 is 13.6 Å². The van der Waals surface area contributed by atoms with Gasteiger partial charge in [-0.2, -0.15) is 0 Å². The SMILES string of the molecule is O=C(CC1(F)CC1)Nc1c(Cl)cc(N2CCc3cc(F)ccc3C2)cc1Cl. The third kappa shape index (κ3) is 4.04. The molecule has 1 aliphatic carbocycles. The predicted octanol–water partition coefficient (Wildman–Crippen LogP) is 5.53. The zero-order valence-corrected chi connectivity index (χ0v) is 16.0. The van der Waals surface area contributed by atoms with Crippen LogP contribution in [0.2, 0.25) is 10.0 Å². The number of alkyl halides is 1. The number of nitrogens with one attached hydrogen (secondary N) is 1. The third-order valence-corrected chi connectivity index (χ3v) is 5.70. The van der Waals surface area contributed by atoms with Crippen LogP contribution in [0.5, 0.6) is 0 Å². The maximum absolute atomic E-state index is 13.8. The van der Waals surface area contributed by atoms with Crippen LogP contribution in [0.4, 0.5) is 20.2 Å². The number of benzene rings is 2. The first kappa shape index (κ1) is 18.5. The Kier molecular flexibility index (Phi) is 4.77. The molecule has 7 heteroatoms. The second-order valence-electron chi connectivity index (χ2n) is 7.24. The molecule has 0 radical (unpaired) electrons. The summed E-state index contributed by atoms with van der Waals surface area (Å²) in [7, 11) is 0. The molecule has 1 aliphatic heterocycles. The molecule has 0 spiro atoms. The van der Waals surface area contributed by atoms with E-state index in [9.17, 15) is 13.6 Å². The van der Waals surface area contributed by atoms with Crippen LogP contribution in [0.1, 0.15) is 30.4 Å². The number of rotatable bonds is 4. The number of halogens is 4. The van der Waals surface area contributed by atoms with E-state index < -0.39 is 11.6 Å². The van der Waals surface area contributed by atoms with Gasteiger partial charge in [0.25, 0.3) is 0 Å². The maximum atomic E-state index is 13.8. The monoisotopic (exact) mass is 410 g/mol. The van der Waals surface area contributed by atoms with E-state index in [0.717, 1.165) is 23.2 Å². The van der Waals surface area contributed by atoms with Crippen molar-refractivity contribution in [2.45, 2.75) is 37.9 Å². The largest absolute Gasteiger partial charge is 0.367 e. The number of amides is 1. The fraction of sp³-hybridized carbons (Fsp3) is 0.350. The summed E-state index contributed by atoms with van der Waals surface area (Å²) < 4.78 is 27.1. The summed E-state index contributed by atoms with van der Waals surface area (Å²) in [4.78, 5) is 14.1. The van der Waals surface area contributed by atoms with Gasteiger partial charge in [-0.05, 0) is 54.7 Å². The molecule has 2 aromatic carbocycles.